The maximum atomic E-state index is 13.6. The molecule has 0 saturated carbocycles. The number of thiazole rings is 1. The highest BCUT2D eigenvalue weighted by Crippen LogP contribution is 2.36. The average molecular weight is 517 g/mol. The van der Waals surface area contributed by atoms with Gasteiger partial charge in [0, 0.05) is 6.54 Å². The van der Waals surface area contributed by atoms with Gasteiger partial charge in [0.15, 0.2) is 15.0 Å². The van der Waals surface area contributed by atoms with Gasteiger partial charge in [-0.2, -0.15) is 0 Å². The Labute approximate surface area is 204 Å². The normalized spacial score (nSPS) is 11.6. The molecule has 0 aliphatic heterocycles. The summed E-state index contributed by atoms with van der Waals surface area (Å²) in [4.78, 5) is 22.0. The number of carbonyl (C=O) groups excluding carboxylic acids is 1. The van der Waals surface area contributed by atoms with Crippen molar-refractivity contribution in [2.45, 2.75) is 25.2 Å². The lowest BCUT2D eigenvalue weighted by Gasteiger charge is -2.22. The van der Waals surface area contributed by atoms with Crippen LogP contribution in [0.2, 0.25) is 5.02 Å². The zero-order valence-corrected chi connectivity index (χ0v) is 21.7. The molecule has 174 valence electrons. The molecule has 3 aromatic rings. The fourth-order valence-electron chi connectivity index (χ4n) is 3.25. The van der Waals surface area contributed by atoms with E-state index in [1.807, 2.05) is 38.1 Å². The molecular formula is C22H27Cl2N3O3S2. The Morgan fingerprint density at radius 3 is 2.44 bits per heavy atom. The standard InChI is InChI=1S/C22H26ClN3O3S2.ClH/c1-5-31(28,29)18-10-7-6-9-16(18)21(27)26(14-8-13-25(3)4)22-24-19-15(2)11-12-17(23)20(19)30-22;/h6-7,9-12H,5,8,13-14H2,1-4H3;1H. The van der Waals surface area contributed by atoms with Crippen molar-refractivity contribution in [3.05, 3.63) is 52.5 Å². The first-order valence-corrected chi connectivity index (χ1v) is 12.8. The smallest absolute Gasteiger partial charge is 0.261 e. The average Bonchev–Trinajstić information content (AvgIpc) is 3.20. The molecule has 1 amide bonds. The lowest BCUT2D eigenvalue weighted by molar-refractivity contribution is 0.0983. The Balaban J connectivity index is 0.00000363. The van der Waals surface area contributed by atoms with Crippen LogP contribution in [0.15, 0.2) is 41.3 Å². The maximum absolute atomic E-state index is 13.6. The summed E-state index contributed by atoms with van der Waals surface area (Å²) in [7, 11) is 0.381. The molecular weight excluding hydrogens is 489 g/mol. The molecule has 1 heterocycles. The van der Waals surface area contributed by atoms with Crippen LogP contribution in [0.1, 0.15) is 29.3 Å². The van der Waals surface area contributed by atoms with E-state index in [4.69, 9.17) is 16.6 Å². The Kier molecular flexibility index (Phi) is 9.07. The number of aromatic nitrogens is 1. The summed E-state index contributed by atoms with van der Waals surface area (Å²) < 4.78 is 26.0. The third-order valence-electron chi connectivity index (χ3n) is 4.98. The number of hydrogen-bond donors (Lipinski definition) is 0. The Bertz CT molecular complexity index is 1170. The van der Waals surface area contributed by atoms with Crippen LogP contribution < -0.4 is 4.90 Å². The first-order valence-electron chi connectivity index (χ1n) is 9.99. The van der Waals surface area contributed by atoms with Crippen LogP contribution in [0.5, 0.6) is 0 Å². The fourth-order valence-corrected chi connectivity index (χ4v) is 5.68. The largest absolute Gasteiger partial charge is 0.309 e. The highest BCUT2D eigenvalue weighted by atomic mass is 35.5. The molecule has 10 heteroatoms. The number of benzene rings is 2. The van der Waals surface area contributed by atoms with Crippen molar-refractivity contribution in [1.82, 2.24) is 9.88 Å². The van der Waals surface area contributed by atoms with Crippen molar-refractivity contribution >= 4 is 66.4 Å². The predicted molar refractivity (Wildman–Crippen MR) is 136 cm³/mol. The van der Waals surface area contributed by atoms with Gasteiger partial charge >= 0.3 is 0 Å². The van der Waals surface area contributed by atoms with Crippen molar-refractivity contribution in [3.8, 4) is 0 Å². The zero-order chi connectivity index (χ0) is 22.8. The number of fused-ring (bicyclic) bond motifs is 1. The van der Waals surface area contributed by atoms with Crippen molar-refractivity contribution < 1.29 is 13.2 Å². The fraction of sp³-hybridized carbons (Fsp3) is 0.364. The van der Waals surface area contributed by atoms with E-state index in [2.05, 4.69) is 0 Å². The number of hydrogen-bond acceptors (Lipinski definition) is 6. The second kappa shape index (κ2) is 10.9. The molecule has 3 rings (SSSR count). The van der Waals surface area contributed by atoms with Crippen molar-refractivity contribution in [2.24, 2.45) is 0 Å². The molecule has 0 atom stereocenters. The van der Waals surface area contributed by atoms with Gasteiger partial charge in [-0.25, -0.2) is 13.4 Å². The summed E-state index contributed by atoms with van der Waals surface area (Å²) >= 11 is 7.72. The monoisotopic (exact) mass is 515 g/mol. The van der Waals surface area contributed by atoms with Gasteiger partial charge in [-0.3, -0.25) is 9.69 Å². The maximum Gasteiger partial charge on any atom is 0.261 e. The minimum atomic E-state index is -3.56. The summed E-state index contributed by atoms with van der Waals surface area (Å²) in [5.74, 6) is -0.451. The van der Waals surface area contributed by atoms with Gasteiger partial charge in [0.25, 0.3) is 5.91 Å². The van der Waals surface area contributed by atoms with E-state index in [-0.39, 0.29) is 34.5 Å². The number of nitrogens with zero attached hydrogens (tertiary/aromatic N) is 3. The van der Waals surface area contributed by atoms with Gasteiger partial charge in [0.05, 0.1) is 31.5 Å². The molecule has 6 nitrogen and oxygen atoms in total. The van der Waals surface area contributed by atoms with E-state index in [1.165, 1.54) is 17.4 Å². The molecule has 1 aromatic heterocycles. The van der Waals surface area contributed by atoms with Crippen LogP contribution in [0.3, 0.4) is 0 Å². The summed E-state index contributed by atoms with van der Waals surface area (Å²) in [5, 5.41) is 1.10. The van der Waals surface area contributed by atoms with E-state index in [9.17, 15) is 13.2 Å². The zero-order valence-electron chi connectivity index (χ0n) is 18.5. The summed E-state index contributed by atoms with van der Waals surface area (Å²) in [6.07, 6.45) is 0.712. The van der Waals surface area contributed by atoms with Gasteiger partial charge in [0.2, 0.25) is 0 Å². The molecule has 0 saturated heterocycles. The number of aryl methyl sites for hydroxylation is 1. The van der Waals surface area contributed by atoms with Gasteiger partial charge in [0.1, 0.15) is 0 Å². The van der Waals surface area contributed by atoms with Crippen molar-refractivity contribution in [1.29, 1.82) is 0 Å². The van der Waals surface area contributed by atoms with E-state index in [0.717, 1.165) is 22.3 Å². The SMILES string of the molecule is CCS(=O)(=O)c1ccccc1C(=O)N(CCCN(C)C)c1nc2c(C)ccc(Cl)c2s1.Cl. The molecule has 0 radical (unpaired) electrons. The second-order valence-corrected chi connectivity index (χ2v) is 11.2. The van der Waals surface area contributed by atoms with Gasteiger partial charge in [-0.15, -0.1) is 12.4 Å². The number of halogens is 2. The summed E-state index contributed by atoms with van der Waals surface area (Å²) in [6, 6.07) is 10.1. The Morgan fingerprint density at radius 2 is 1.81 bits per heavy atom. The minimum absolute atomic E-state index is 0. The van der Waals surface area contributed by atoms with E-state index < -0.39 is 9.84 Å². The van der Waals surface area contributed by atoms with Gasteiger partial charge in [-0.1, -0.05) is 48.1 Å². The van der Waals surface area contributed by atoms with Crippen molar-refractivity contribution in [3.63, 3.8) is 0 Å². The first kappa shape index (κ1) is 26.5. The van der Waals surface area contributed by atoms with Crippen LogP contribution in [0.25, 0.3) is 10.2 Å². The summed E-state index contributed by atoms with van der Waals surface area (Å²) in [5.41, 5.74) is 1.89. The topological polar surface area (TPSA) is 70.6 Å². The van der Waals surface area contributed by atoms with Crippen LogP contribution in [-0.2, 0) is 9.84 Å². The molecule has 0 N–H and O–H groups in total. The number of carbonyl (C=O) groups is 1. The van der Waals surface area contributed by atoms with Crippen LogP contribution >= 0.6 is 35.3 Å². The quantitative estimate of drug-likeness (QED) is 0.418. The lowest BCUT2D eigenvalue weighted by Crippen LogP contribution is -2.34. The molecule has 0 fully saturated rings. The molecule has 0 bridgehead atoms. The van der Waals surface area contributed by atoms with E-state index >= 15 is 0 Å². The van der Waals surface area contributed by atoms with Gasteiger partial charge < -0.3 is 4.90 Å². The van der Waals surface area contributed by atoms with E-state index in [1.54, 1.807) is 30.0 Å². The van der Waals surface area contributed by atoms with Gasteiger partial charge in [-0.05, 0) is 57.7 Å². The third kappa shape index (κ3) is 5.61. The highest BCUT2D eigenvalue weighted by molar-refractivity contribution is 7.91. The molecule has 0 spiro atoms. The Morgan fingerprint density at radius 1 is 1.12 bits per heavy atom. The van der Waals surface area contributed by atoms with Crippen LogP contribution in [-0.4, -0.2) is 57.1 Å². The Hall–Kier alpha value is -1.71. The van der Waals surface area contributed by atoms with Crippen LogP contribution in [0, 0.1) is 6.92 Å². The predicted octanol–water partition coefficient (Wildman–Crippen LogP) is 5.07. The molecule has 2 aromatic carbocycles. The summed E-state index contributed by atoms with van der Waals surface area (Å²) in [6.45, 7) is 4.71. The van der Waals surface area contributed by atoms with E-state index in [0.29, 0.717) is 23.1 Å². The highest BCUT2D eigenvalue weighted by Gasteiger charge is 2.27. The third-order valence-corrected chi connectivity index (χ3v) is 8.31. The first-order chi connectivity index (χ1) is 14.7. The number of sulfone groups is 1. The number of rotatable bonds is 8. The van der Waals surface area contributed by atoms with Crippen LogP contribution in [0.4, 0.5) is 5.13 Å². The molecule has 0 aliphatic carbocycles. The molecule has 0 unspecified atom stereocenters. The van der Waals surface area contributed by atoms with Crippen molar-refractivity contribution in [2.75, 3.05) is 37.8 Å². The number of anilines is 1. The second-order valence-electron chi connectivity index (χ2n) is 7.55. The lowest BCUT2D eigenvalue weighted by atomic mass is 10.2. The molecule has 0 aliphatic rings. The number of amides is 1. The minimum Gasteiger partial charge on any atom is -0.309 e. The molecule has 32 heavy (non-hydrogen) atoms.